The highest BCUT2D eigenvalue weighted by molar-refractivity contribution is 4.78. The zero-order valence-corrected chi connectivity index (χ0v) is 8.71. The van der Waals surface area contributed by atoms with Gasteiger partial charge in [0.05, 0.1) is 12.7 Å². The van der Waals surface area contributed by atoms with E-state index >= 15 is 0 Å². The summed E-state index contributed by atoms with van der Waals surface area (Å²) in [6.45, 7) is 5.53. The van der Waals surface area contributed by atoms with Crippen LogP contribution in [0.4, 0.5) is 0 Å². The van der Waals surface area contributed by atoms with Crippen LogP contribution in [0.1, 0.15) is 39.5 Å². The maximum atomic E-state index is 5.83. The predicted octanol–water partition coefficient (Wildman–Crippen LogP) is 1.66. The normalized spacial score (nSPS) is 26.5. The minimum Gasteiger partial charge on any atom is -0.347 e. The largest absolute Gasteiger partial charge is 0.347 e. The van der Waals surface area contributed by atoms with Crippen molar-refractivity contribution in [1.82, 2.24) is 0 Å². The van der Waals surface area contributed by atoms with Crippen LogP contribution in [0.25, 0.3) is 0 Å². The Balaban J connectivity index is 2.49. The summed E-state index contributed by atoms with van der Waals surface area (Å²) >= 11 is 0. The van der Waals surface area contributed by atoms with E-state index < -0.39 is 0 Å². The van der Waals surface area contributed by atoms with E-state index in [1.807, 2.05) is 0 Å². The molecule has 0 radical (unpaired) electrons. The first kappa shape index (κ1) is 11.0. The fourth-order valence-corrected chi connectivity index (χ4v) is 1.88. The molecule has 0 aliphatic carbocycles. The molecule has 3 heteroatoms. The summed E-state index contributed by atoms with van der Waals surface area (Å²) in [4.78, 5) is 0. The number of nitrogens with two attached hydrogens (primary N) is 1. The Morgan fingerprint density at radius 1 is 1.31 bits per heavy atom. The second kappa shape index (κ2) is 4.94. The molecule has 1 rings (SSSR count). The van der Waals surface area contributed by atoms with Gasteiger partial charge in [-0.05, 0) is 0 Å². The quantitative estimate of drug-likeness (QED) is 0.712. The van der Waals surface area contributed by atoms with Gasteiger partial charge in [0, 0.05) is 19.4 Å². The van der Waals surface area contributed by atoms with Gasteiger partial charge in [-0.1, -0.05) is 26.7 Å². The lowest BCUT2D eigenvalue weighted by atomic mass is 10.1. The molecule has 0 bridgehead atoms. The third-order valence-electron chi connectivity index (χ3n) is 2.44. The summed E-state index contributed by atoms with van der Waals surface area (Å²) in [7, 11) is 0. The molecule has 1 saturated heterocycles. The van der Waals surface area contributed by atoms with E-state index in [-0.39, 0.29) is 11.9 Å². The molecule has 1 heterocycles. The van der Waals surface area contributed by atoms with E-state index in [0.29, 0.717) is 13.2 Å². The molecular formula is C10H21NO2. The van der Waals surface area contributed by atoms with Gasteiger partial charge in [-0.15, -0.1) is 0 Å². The van der Waals surface area contributed by atoms with Gasteiger partial charge in [-0.3, -0.25) is 0 Å². The van der Waals surface area contributed by atoms with Gasteiger partial charge >= 0.3 is 0 Å². The van der Waals surface area contributed by atoms with Gasteiger partial charge in [-0.2, -0.15) is 0 Å². The lowest BCUT2D eigenvalue weighted by molar-refractivity contribution is -0.176. The van der Waals surface area contributed by atoms with Crippen molar-refractivity contribution < 1.29 is 9.47 Å². The molecule has 0 aromatic heterocycles. The van der Waals surface area contributed by atoms with Crippen molar-refractivity contribution in [3.8, 4) is 0 Å². The van der Waals surface area contributed by atoms with Crippen molar-refractivity contribution in [3.63, 3.8) is 0 Å². The van der Waals surface area contributed by atoms with Crippen molar-refractivity contribution in [2.45, 2.75) is 51.4 Å². The summed E-state index contributed by atoms with van der Waals surface area (Å²) in [5.41, 5.74) is 5.54. The van der Waals surface area contributed by atoms with Crippen LogP contribution in [0.3, 0.4) is 0 Å². The summed E-state index contributed by atoms with van der Waals surface area (Å²) in [6.07, 6.45) is 4.27. The van der Waals surface area contributed by atoms with E-state index in [1.165, 1.54) is 0 Å². The Morgan fingerprint density at radius 2 is 1.92 bits per heavy atom. The fourth-order valence-electron chi connectivity index (χ4n) is 1.88. The Kier molecular flexibility index (Phi) is 4.16. The van der Waals surface area contributed by atoms with Crippen molar-refractivity contribution in [2.75, 3.05) is 13.2 Å². The smallest absolute Gasteiger partial charge is 0.168 e. The fraction of sp³-hybridized carbons (Fsp3) is 1.00. The van der Waals surface area contributed by atoms with E-state index in [9.17, 15) is 0 Å². The molecule has 3 nitrogen and oxygen atoms in total. The summed E-state index contributed by atoms with van der Waals surface area (Å²) in [5.74, 6) is -0.312. The Morgan fingerprint density at radius 3 is 2.31 bits per heavy atom. The van der Waals surface area contributed by atoms with Crippen LogP contribution >= 0.6 is 0 Å². The van der Waals surface area contributed by atoms with Crippen molar-refractivity contribution >= 4 is 0 Å². The minimum absolute atomic E-state index is 0.109. The third kappa shape index (κ3) is 2.66. The van der Waals surface area contributed by atoms with Crippen LogP contribution in [0.2, 0.25) is 0 Å². The Hall–Kier alpha value is -0.120. The van der Waals surface area contributed by atoms with Gasteiger partial charge < -0.3 is 15.2 Å². The van der Waals surface area contributed by atoms with Gasteiger partial charge in [-0.25, -0.2) is 0 Å². The number of hydrogen-bond acceptors (Lipinski definition) is 3. The van der Waals surface area contributed by atoms with Crippen LogP contribution < -0.4 is 5.73 Å². The maximum absolute atomic E-state index is 5.83. The highest BCUT2D eigenvalue weighted by Crippen LogP contribution is 2.32. The Bertz CT molecular complexity index is 144. The van der Waals surface area contributed by atoms with Gasteiger partial charge in [0.25, 0.3) is 0 Å². The molecule has 0 saturated carbocycles. The van der Waals surface area contributed by atoms with E-state index in [0.717, 1.165) is 25.7 Å². The highest BCUT2D eigenvalue weighted by Gasteiger charge is 2.39. The van der Waals surface area contributed by atoms with E-state index in [1.54, 1.807) is 0 Å². The molecule has 0 aromatic carbocycles. The molecule has 1 fully saturated rings. The average molecular weight is 187 g/mol. The maximum Gasteiger partial charge on any atom is 0.168 e. The zero-order valence-electron chi connectivity index (χ0n) is 8.71. The molecule has 1 aliphatic heterocycles. The SMILES string of the molecule is CCCC1(CCC)OCC(CN)O1. The molecular weight excluding hydrogens is 166 g/mol. The van der Waals surface area contributed by atoms with Gasteiger partial charge in [0.2, 0.25) is 0 Å². The highest BCUT2D eigenvalue weighted by atomic mass is 16.7. The van der Waals surface area contributed by atoms with Gasteiger partial charge in [0.15, 0.2) is 5.79 Å². The van der Waals surface area contributed by atoms with Crippen molar-refractivity contribution in [1.29, 1.82) is 0 Å². The van der Waals surface area contributed by atoms with Crippen LogP contribution in [-0.4, -0.2) is 25.0 Å². The monoisotopic (exact) mass is 187 g/mol. The topological polar surface area (TPSA) is 44.5 Å². The van der Waals surface area contributed by atoms with Gasteiger partial charge in [0.1, 0.15) is 0 Å². The molecule has 0 amide bonds. The molecule has 2 N–H and O–H groups in total. The number of hydrogen-bond donors (Lipinski definition) is 1. The lowest BCUT2D eigenvalue weighted by Gasteiger charge is -2.27. The first-order chi connectivity index (χ1) is 6.26. The van der Waals surface area contributed by atoms with Crippen molar-refractivity contribution in [2.24, 2.45) is 5.73 Å². The molecule has 0 spiro atoms. The summed E-state index contributed by atoms with van der Waals surface area (Å²) in [5, 5.41) is 0. The number of ether oxygens (including phenoxy) is 2. The zero-order chi connectivity index (χ0) is 9.73. The van der Waals surface area contributed by atoms with Crippen LogP contribution in [0, 0.1) is 0 Å². The molecule has 13 heavy (non-hydrogen) atoms. The predicted molar refractivity (Wildman–Crippen MR) is 52.4 cm³/mol. The second-order valence-electron chi connectivity index (χ2n) is 3.70. The average Bonchev–Trinajstić information content (AvgIpc) is 2.50. The molecule has 1 atom stereocenters. The lowest BCUT2D eigenvalue weighted by Crippen LogP contribution is -2.32. The van der Waals surface area contributed by atoms with E-state index in [4.69, 9.17) is 15.2 Å². The van der Waals surface area contributed by atoms with Crippen molar-refractivity contribution in [3.05, 3.63) is 0 Å². The Labute approximate surface area is 80.6 Å². The molecule has 1 aliphatic rings. The number of rotatable bonds is 5. The summed E-state index contributed by atoms with van der Waals surface area (Å²) in [6, 6.07) is 0. The molecule has 1 unspecified atom stereocenters. The first-order valence-corrected chi connectivity index (χ1v) is 5.28. The molecule has 0 aromatic rings. The minimum atomic E-state index is -0.312. The standard InChI is InChI=1S/C10H21NO2/c1-3-5-10(6-4-2)12-8-9(7-11)13-10/h9H,3-8,11H2,1-2H3. The summed E-state index contributed by atoms with van der Waals surface area (Å²) < 4.78 is 11.6. The van der Waals surface area contributed by atoms with Crippen LogP contribution in [0.5, 0.6) is 0 Å². The van der Waals surface area contributed by atoms with Crippen LogP contribution in [-0.2, 0) is 9.47 Å². The second-order valence-corrected chi connectivity index (χ2v) is 3.70. The van der Waals surface area contributed by atoms with Crippen LogP contribution in [0.15, 0.2) is 0 Å². The first-order valence-electron chi connectivity index (χ1n) is 5.28. The third-order valence-corrected chi connectivity index (χ3v) is 2.44. The van der Waals surface area contributed by atoms with E-state index in [2.05, 4.69) is 13.8 Å². The molecule has 78 valence electrons.